The number of hydrazone groups is 1. The Balaban J connectivity index is 2.17. The minimum atomic E-state index is -0.739. The van der Waals surface area contributed by atoms with E-state index in [2.05, 4.69) is 10.5 Å². The highest BCUT2D eigenvalue weighted by molar-refractivity contribution is 6.30. The summed E-state index contributed by atoms with van der Waals surface area (Å²) in [5.74, 6) is -1.98. The maximum Gasteiger partial charge on any atom is 0.271 e. The van der Waals surface area contributed by atoms with Crippen LogP contribution in [-0.4, -0.2) is 11.6 Å². The first-order valence-electron chi connectivity index (χ1n) is 6.03. The zero-order valence-electron chi connectivity index (χ0n) is 11.0. The van der Waals surface area contributed by atoms with Crippen LogP contribution in [0.3, 0.4) is 0 Å². The normalized spacial score (nSPS) is 11.3. The Morgan fingerprint density at radius 3 is 2.24 bits per heavy atom. The van der Waals surface area contributed by atoms with E-state index in [0.29, 0.717) is 10.6 Å². The second-order valence-electron chi connectivity index (χ2n) is 4.24. The molecule has 0 heterocycles. The first-order chi connectivity index (χ1) is 9.99. The first kappa shape index (κ1) is 15.1. The number of amides is 1. The number of carbonyl (C=O) groups excluding carboxylic acids is 1. The minimum Gasteiger partial charge on any atom is -0.267 e. The van der Waals surface area contributed by atoms with Crippen LogP contribution >= 0.6 is 11.6 Å². The predicted molar refractivity (Wildman–Crippen MR) is 77.5 cm³/mol. The Hall–Kier alpha value is -2.27. The van der Waals surface area contributed by atoms with Gasteiger partial charge in [0, 0.05) is 10.6 Å². The molecular weight excluding hydrogens is 298 g/mol. The highest BCUT2D eigenvalue weighted by Gasteiger charge is 2.12. The number of hydrogen-bond donors (Lipinski definition) is 1. The van der Waals surface area contributed by atoms with E-state index in [0.717, 1.165) is 12.1 Å². The van der Waals surface area contributed by atoms with Crippen molar-refractivity contribution in [3.05, 3.63) is 70.2 Å². The van der Waals surface area contributed by atoms with Crippen LogP contribution < -0.4 is 5.43 Å². The van der Waals surface area contributed by atoms with Crippen molar-refractivity contribution in [1.29, 1.82) is 0 Å². The molecule has 0 atom stereocenters. The topological polar surface area (TPSA) is 41.5 Å². The lowest BCUT2D eigenvalue weighted by atomic mass is 10.1. The second kappa shape index (κ2) is 6.45. The van der Waals surface area contributed by atoms with Crippen LogP contribution in [0, 0.1) is 11.6 Å². The van der Waals surface area contributed by atoms with E-state index in [1.165, 1.54) is 25.1 Å². The Morgan fingerprint density at radius 2 is 1.67 bits per heavy atom. The molecule has 1 N–H and O–H groups in total. The zero-order valence-corrected chi connectivity index (χ0v) is 11.8. The van der Waals surface area contributed by atoms with E-state index in [4.69, 9.17) is 11.6 Å². The third-order valence-electron chi connectivity index (χ3n) is 2.76. The zero-order chi connectivity index (χ0) is 15.4. The quantitative estimate of drug-likeness (QED) is 0.680. The predicted octanol–water partition coefficient (Wildman–Crippen LogP) is 3.77. The smallest absolute Gasteiger partial charge is 0.267 e. The fourth-order valence-electron chi connectivity index (χ4n) is 1.70. The van der Waals surface area contributed by atoms with Crippen molar-refractivity contribution in [3.8, 4) is 0 Å². The van der Waals surface area contributed by atoms with Crippen molar-refractivity contribution in [1.82, 2.24) is 5.43 Å². The van der Waals surface area contributed by atoms with Crippen molar-refractivity contribution < 1.29 is 13.6 Å². The molecule has 3 nitrogen and oxygen atoms in total. The van der Waals surface area contributed by atoms with Crippen LogP contribution in [0.2, 0.25) is 5.02 Å². The molecule has 0 spiro atoms. The number of rotatable bonds is 3. The maximum absolute atomic E-state index is 13.5. The molecule has 0 aliphatic rings. The summed E-state index contributed by atoms with van der Waals surface area (Å²) in [4.78, 5) is 11.8. The molecule has 0 saturated heterocycles. The molecule has 0 aliphatic heterocycles. The summed E-state index contributed by atoms with van der Waals surface area (Å²) < 4.78 is 27.1. The Morgan fingerprint density at radius 1 is 1.10 bits per heavy atom. The van der Waals surface area contributed by atoms with Gasteiger partial charge in [-0.2, -0.15) is 5.10 Å². The number of nitrogens with zero attached hydrogens (tertiary/aromatic N) is 1. The van der Waals surface area contributed by atoms with Crippen LogP contribution in [-0.2, 0) is 0 Å². The van der Waals surface area contributed by atoms with Gasteiger partial charge in [0.2, 0.25) is 0 Å². The number of hydrogen-bond acceptors (Lipinski definition) is 2. The van der Waals surface area contributed by atoms with Gasteiger partial charge < -0.3 is 0 Å². The summed E-state index contributed by atoms with van der Waals surface area (Å²) in [6.07, 6.45) is 0. The third kappa shape index (κ3) is 3.64. The van der Waals surface area contributed by atoms with Gasteiger partial charge in [0.15, 0.2) is 0 Å². The standard InChI is InChI=1S/C15H11ClF2N2O/c1-9(14-12(17)3-2-4-13(14)18)19-20-15(21)10-5-7-11(16)8-6-10/h2-8H,1H3,(H,20,21)/b19-9-. The molecule has 2 aromatic rings. The van der Waals surface area contributed by atoms with Gasteiger partial charge in [-0.3, -0.25) is 4.79 Å². The van der Waals surface area contributed by atoms with Gasteiger partial charge in [-0.05, 0) is 43.3 Å². The summed E-state index contributed by atoms with van der Waals surface area (Å²) in [6, 6.07) is 9.66. The summed E-state index contributed by atoms with van der Waals surface area (Å²) in [6.45, 7) is 1.41. The molecule has 21 heavy (non-hydrogen) atoms. The van der Waals surface area contributed by atoms with Crippen molar-refractivity contribution >= 4 is 23.2 Å². The fourth-order valence-corrected chi connectivity index (χ4v) is 1.83. The molecule has 0 unspecified atom stereocenters. The third-order valence-corrected chi connectivity index (χ3v) is 3.01. The van der Waals surface area contributed by atoms with Gasteiger partial charge in [-0.1, -0.05) is 17.7 Å². The second-order valence-corrected chi connectivity index (χ2v) is 4.68. The lowest BCUT2D eigenvalue weighted by Crippen LogP contribution is -2.20. The highest BCUT2D eigenvalue weighted by Crippen LogP contribution is 2.13. The van der Waals surface area contributed by atoms with Crippen molar-refractivity contribution in [2.45, 2.75) is 6.92 Å². The van der Waals surface area contributed by atoms with Crippen LogP contribution in [0.1, 0.15) is 22.8 Å². The number of carbonyl (C=O) groups is 1. The summed E-state index contributed by atoms with van der Waals surface area (Å²) in [5.41, 5.74) is 2.35. The highest BCUT2D eigenvalue weighted by atomic mass is 35.5. The van der Waals surface area contributed by atoms with Gasteiger partial charge >= 0.3 is 0 Å². The molecule has 108 valence electrons. The molecular formula is C15H11ClF2N2O. The summed E-state index contributed by atoms with van der Waals surface area (Å²) in [5, 5.41) is 4.22. The largest absolute Gasteiger partial charge is 0.271 e. The van der Waals surface area contributed by atoms with Gasteiger partial charge in [-0.25, -0.2) is 14.2 Å². The van der Waals surface area contributed by atoms with Gasteiger partial charge in [0.1, 0.15) is 11.6 Å². The average molecular weight is 309 g/mol. The van der Waals surface area contributed by atoms with Gasteiger partial charge in [0.25, 0.3) is 5.91 Å². The lowest BCUT2D eigenvalue weighted by molar-refractivity contribution is 0.0955. The summed E-state index contributed by atoms with van der Waals surface area (Å²) in [7, 11) is 0. The van der Waals surface area contributed by atoms with Crippen molar-refractivity contribution in [2.75, 3.05) is 0 Å². The maximum atomic E-state index is 13.5. The molecule has 0 aromatic heterocycles. The summed E-state index contributed by atoms with van der Waals surface area (Å²) >= 11 is 5.72. The monoisotopic (exact) mass is 308 g/mol. The SMILES string of the molecule is C/C(=N/NC(=O)c1ccc(Cl)cc1)c1c(F)cccc1F. The van der Waals surface area contributed by atoms with E-state index in [1.807, 2.05) is 0 Å². The number of halogens is 3. The molecule has 0 bridgehead atoms. The van der Waals surface area contributed by atoms with Gasteiger partial charge in [-0.15, -0.1) is 0 Å². The Kier molecular flexibility index (Phi) is 4.65. The van der Waals surface area contributed by atoms with Crippen molar-refractivity contribution in [2.24, 2.45) is 5.10 Å². The molecule has 0 saturated carbocycles. The van der Waals surface area contributed by atoms with E-state index >= 15 is 0 Å². The van der Waals surface area contributed by atoms with Crippen LogP contribution in [0.15, 0.2) is 47.6 Å². The first-order valence-corrected chi connectivity index (χ1v) is 6.41. The molecule has 0 fully saturated rings. The molecule has 0 aliphatic carbocycles. The molecule has 0 radical (unpaired) electrons. The van der Waals surface area contributed by atoms with Crippen LogP contribution in [0.5, 0.6) is 0 Å². The molecule has 2 aromatic carbocycles. The minimum absolute atomic E-state index is 0.0351. The molecule has 6 heteroatoms. The van der Waals surface area contributed by atoms with E-state index in [-0.39, 0.29) is 11.3 Å². The van der Waals surface area contributed by atoms with Crippen LogP contribution in [0.25, 0.3) is 0 Å². The average Bonchev–Trinajstić information content (AvgIpc) is 2.45. The van der Waals surface area contributed by atoms with Crippen molar-refractivity contribution in [3.63, 3.8) is 0 Å². The lowest BCUT2D eigenvalue weighted by Gasteiger charge is -2.05. The number of nitrogens with one attached hydrogen (secondary N) is 1. The molecule has 2 rings (SSSR count). The van der Waals surface area contributed by atoms with E-state index < -0.39 is 17.5 Å². The molecule has 1 amide bonds. The van der Waals surface area contributed by atoms with E-state index in [1.54, 1.807) is 12.1 Å². The Labute approximate surface area is 125 Å². The van der Waals surface area contributed by atoms with Gasteiger partial charge in [0.05, 0.1) is 11.3 Å². The Bertz CT molecular complexity index is 679. The fraction of sp³-hybridized carbons (Fsp3) is 0.0667. The number of benzene rings is 2. The van der Waals surface area contributed by atoms with Crippen LogP contribution in [0.4, 0.5) is 8.78 Å². The van der Waals surface area contributed by atoms with E-state index in [9.17, 15) is 13.6 Å².